The van der Waals surface area contributed by atoms with E-state index in [0.717, 1.165) is 16.7 Å². The SMILES string of the molecule is COc1cccc(COC(=O)COc2ccc(-c3ccccc3)cc2)c1OC. The summed E-state index contributed by atoms with van der Waals surface area (Å²) in [6.45, 7) is -0.0908. The number of ether oxygens (including phenoxy) is 4. The summed E-state index contributed by atoms with van der Waals surface area (Å²) >= 11 is 0. The summed E-state index contributed by atoms with van der Waals surface area (Å²) in [5.41, 5.74) is 2.93. The third-order valence-electron chi connectivity index (χ3n) is 4.19. The highest BCUT2D eigenvalue weighted by Gasteiger charge is 2.12. The van der Waals surface area contributed by atoms with Crippen molar-refractivity contribution in [3.8, 4) is 28.4 Å². The molecule has 0 atom stereocenters. The molecule has 28 heavy (non-hydrogen) atoms. The van der Waals surface area contributed by atoms with Gasteiger partial charge in [-0.15, -0.1) is 0 Å². The van der Waals surface area contributed by atoms with Gasteiger partial charge in [-0.1, -0.05) is 54.6 Å². The van der Waals surface area contributed by atoms with Crippen LogP contribution in [0.5, 0.6) is 17.2 Å². The molecule has 144 valence electrons. The molecule has 5 nitrogen and oxygen atoms in total. The van der Waals surface area contributed by atoms with Gasteiger partial charge in [0, 0.05) is 5.56 Å². The van der Waals surface area contributed by atoms with E-state index >= 15 is 0 Å². The van der Waals surface area contributed by atoms with E-state index in [-0.39, 0.29) is 13.2 Å². The zero-order valence-electron chi connectivity index (χ0n) is 15.9. The largest absolute Gasteiger partial charge is 0.493 e. The van der Waals surface area contributed by atoms with Crippen LogP contribution in [0, 0.1) is 0 Å². The molecule has 0 saturated carbocycles. The molecular formula is C23H22O5. The van der Waals surface area contributed by atoms with E-state index in [2.05, 4.69) is 0 Å². The van der Waals surface area contributed by atoms with Gasteiger partial charge in [-0.2, -0.15) is 0 Å². The minimum atomic E-state index is -0.461. The van der Waals surface area contributed by atoms with Crippen molar-refractivity contribution in [2.75, 3.05) is 20.8 Å². The molecule has 3 aromatic rings. The molecule has 0 bridgehead atoms. The van der Waals surface area contributed by atoms with Gasteiger partial charge in [0.2, 0.25) is 0 Å². The van der Waals surface area contributed by atoms with Gasteiger partial charge in [-0.25, -0.2) is 4.79 Å². The van der Waals surface area contributed by atoms with Gasteiger partial charge in [0.05, 0.1) is 14.2 Å². The summed E-state index contributed by atoms with van der Waals surface area (Å²) in [7, 11) is 3.11. The van der Waals surface area contributed by atoms with Gasteiger partial charge < -0.3 is 18.9 Å². The lowest BCUT2D eigenvalue weighted by atomic mass is 10.1. The maximum atomic E-state index is 12.0. The number of para-hydroxylation sites is 1. The van der Waals surface area contributed by atoms with Gasteiger partial charge in [0.15, 0.2) is 18.1 Å². The van der Waals surface area contributed by atoms with E-state index in [0.29, 0.717) is 17.2 Å². The van der Waals surface area contributed by atoms with E-state index in [1.807, 2.05) is 66.7 Å². The topological polar surface area (TPSA) is 54.0 Å². The monoisotopic (exact) mass is 378 g/mol. The van der Waals surface area contributed by atoms with Gasteiger partial charge in [-0.05, 0) is 29.3 Å². The fraction of sp³-hybridized carbons (Fsp3) is 0.174. The molecule has 0 unspecified atom stereocenters. The normalized spacial score (nSPS) is 10.2. The summed E-state index contributed by atoms with van der Waals surface area (Å²) < 4.78 is 21.4. The second-order valence-corrected chi connectivity index (χ2v) is 5.99. The Hall–Kier alpha value is -3.47. The Morgan fingerprint density at radius 2 is 1.50 bits per heavy atom. The van der Waals surface area contributed by atoms with Gasteiger partial charge in [-0.3, -0.25) is 0 Å². The zero-order chi connectivity index (χ0) is 19.8. The Morgan fingerprint density at radius 1 is 0.786 bits per heavy atom. The zero-order valence-corrected chi connectivity index (χ0v) is 15.9. The highest BCUT2D eigenvalue weighted by molar-refractivity contribution is 5.71. The summed E-state index contributed by atoms with van der Waals surface area (Å²) in [5, 5.41) is 0. The van der Waals surface area contributed by atoms with Gasteiger partial charge in [0.1, 0.15) is 12.4 Å². The van der Waals surface area contributed by atoms with Gasteiger partial charge in [0.25, 0.3) is 0 Å². The van der Waals surface area contributed by atoms with Crippen LogP contribution in [0.3, 0.4) is 0 Å². The Bertz CT molecular complexity index is 904. The highest BCUT2D eigenvalue weighted by atomic mass is 16.6. The predicted octanol–water partition coefficient (Wildman–Crippen LogP) is 4.49. The first-order valence-corrected chi connectivity index (χ1v) is 8.85. The van der Waals surface area contributed by atoms with Crippen molar-refractivity contribution < 1.29 is 23.7 Å². The Morgan fingerprint density at radius 3 is 2.18 bits per heavy atom. The standard InChI is InChI=1S/C23H22O5/c1-25-21-10-6-9-19(23(21)26-2)15-28-22(24)16-27-20-13-11-18(12-14-20)17-7-4-3-5-8-17/h3-14H,15-16H2,1-2H3. The summed E-state index contributed by atoms with van der Waals surface area (Å²) in [5.74, 6) is 1.29. The molecule has 0 saturated heterocycles. The van der Waals surface area contributed by atoms with Crippen molar-refractivity contribution in [3.05, 3.63) is 78.4 Å². The Labute approximate surface area is 164 Å². The lowest BCUT2D eigenvalue weighted by Crippen LogP contribution is -2.15. The number of hydrogen-bond acceptors (Lipinski definition) is 5. The smallest absolute Gasteiger partial charge is 0.344 e. The molecule has 0 aliphatic carbocycles. The van der Waals surface area contributed by atoms with Crippen LogP contribution in [0.4, 0.5) is 0 Å². The second-order valence-electron chi connectivity index (χ2n) is 5.99. The predicted molar refractivity (Wildman–Crippen MR) is 107 cm³/mol. The van der Waals surface area contributed by atoms with Crippen LogP contribution < -0.4 is 14.2 Å². The number of carbonyl (C=O) groups excluding carboxylic acids is 1. The molecule has 0 N–H and O–H groups in total. The van der Waals surface area contributed by atoms with Crippen LogP contribution in [0.1, 0.15) is 5.56 Å². The van der Waals surface area contributed by atoms with Crippen molar-refractivity contribution >= 4 is 5.97 Å². The fourth-order valence-corrected chi connectivity index (χ4v) is 2.78. The summed E-state index contributed by atoms with van der Waals surface area (Å²) in [4.78, 5) is 12.0. The van der Waals surface area contributed by atoms with E-state index in [1.165, 1.54) is 0 Å². The number of carbonyl (C=O) groups is 1. The Balaban J connectivity index is 1.52. The average Bonchev–Trinajstić information content (AvgIpc) is 2.76. The van der Waals surface area contributed by atoms with E-state index < -0.39 is 5.97 Å². The number of esters is 1. The molecule has 0 amide bonds. The molecule has 0 aromatic heterocycles. The summed E-state index contributed by atoms with van der Waals surface area (Å²) in [6.07, 6.45) is 0. The molecule has 0 aliphatic heterocycles. The quantitative estimate of drug-likeness (QED) is 0.541. The molecule has 0 spiro atoms. The van der Waals surface area contributed by atoms with Crippen LogP contribution >= 0.6 is 0 Å². The molecule has 3 aromatic carbocycles. The third kappa shape index (κ3) is 4.82. The van der Waals surface area contributed by atoms with E-state index in [4.69, 9.17) is 18.9 Å². The molecule has 0 radical (unpaired) electrons. The third-order valence-corrected chi connectivity index (χ3v) is 4.19. The first-order valence-electron chi connectivity index (χ1n) is 8.85. The van der Waals surface area contributed by atoms with E-state index in [9.17, 15) is 4.79 Å². The van der Waals surface area contributed by atoms with Crippen LogP contribution in [0.2, 0.25) is 0 Å². The molecule has 0 fully saturated rings. The first kappa shape index (κ1) is 19.3. The minimum absolute atomic E-state index is 0.0789. The summed E-state index contributed by atoms with van der Waals surface area (Å²) in [6, 6.07) is 23.0. The van der Waals surface area contributed by atoms with Crippen LogP contribution in [-0.2, 0) is 16.1 Å². The maximum absolute atomic E-state index is 12.0. The number of methoxy groups -OCH3 is 2. The Kier molecular flexibility index (Phi) is 6.52. The molecule has 0 heterocycles. The first-order chi connectivity index (χ1) is 13.7. The van der Waals surface area contributed by atoms with Crippen LogP contribution in [-0.4, -0.2) is 26.8 Å². The number of benzene rings is 3. The maximum Gasteiger partial charge on any atom is 0.344 e. The molecule has 5 heteroatoms. The highest BCUT2D eigenvalue weighted by Crippen LogP contribution is 2.31. The van der Waals surface area contributed by atoms with Crippen molar-refractivity contribution in [1.29, 1.82) is 0 Å². The number of hydrogen-bond donors (Lipinski definition) is 0. The fourth-order valence-electron chi connectivity index (χ4n) is 2.78. The number of rotatable bonds is 8. The molecule has 0 aliphatic rings. The van der Waals surface area contributed by atoms with Crippen molar-refractivity contribution in [3.63, 3.8) is 0 Å². The van der Waals surface area contributed by atoms with Gasteiger partial charge >= 0.3 is 5.97 Å². The molecule has 3 rings (SSSR count). The minimum Gasteiger partial charge on any atom is -0.493 e. The lowest BCUT2D eigenvalue weighted by Gasteiger charge is -2.13. The van der Waals surface area contributed by atoms with Crippen LogP contribution in [0.15, 0.2) is 72.8 Å². The molecular weight excluding hydrogens is 356 g/mol. The van der Waals surface area contributed by atoms with Crippen LogP contribution in [0.25, 0.3) is 11.1 Å². The van der Waals surface area contributed by atoms with Crippen molar-refractivity contribution in [2.45, 2.75) is 6.61 Å². The average molecular weight is 378 g/mol. The second kappa shape index (κ2) is 9.46. The lowest BCUT2D eigenvalue weighted by molar-refractivity contribution is -0.147. The van der Waals surface area contributed by atoms with E-state index in [1.54, 1.807) is 20.3 Å². The van der Waals surface area contributed by atoms with Crippen molar-refractivity contribution in [2.24, 2.45) is 0 Å². The van der Waals surface area contributed by atoms with Crippen molar-refractivity contribution in [1.82, 2.24) is 0 Å².